The fourth-order valence-electron chi connectivity index (χ4n) is 1.46. The number of aliphatic hydroxyl groups is 2. The quantitative estimate of drug-likeness (QED) is 0.493. The Bertz CT molecular complexity index is 185. The molecule has 1 aliphatic rings. The summed E-state index contributed by atoms with van der Waals surface area (Å²) in [5.74, 6) is -0.291. The van der Waals surface area contributed by atoms with Gasteiger partial charge in [0.1, 0.15) is 6.04 Å². The van der Waals surface area contributed by atoms with Gasteiger partial charge in [0, 0.05) is 13.3 Å². The van der Waals surface area contributed by atoms with Crippen LogP contribution < -0.4 is 5.32 Å². The maximum atomic E-state index is 10.7. The molecule has 5 heteroatoms. The summed E-state index contributed by atoms with van der Waals surface area (Å²) in [4.78, 5) is 10.7. The van der Waals surface area contributed by atoms with Gasteiger partial charge in [-0.2, -0.15) is 0 Å². The van der Waals surface area contributed by atoms with Gasteiger partial charge >= 0.3 is 0 Å². The molecular weight excluding hydrogens is 174 g/mol. The van der Waals surface area contributed by atoms with E-state index in [1.54, 1.807) is 6.92 Å². The first-order valence-corrected chi connectivity index (χ1v) is 4.29. The van der Waals surface area contributed by atoms with Gasteiger partial charge in [-0.15, -0.1) is 0 Å². The van der Waals surface area contributed by atoms with Crippen molar-refractivity contribution in [1.82, 2.24) is 5.32 Å². The molecule has 3 N–H and O–H groups in total. The molecule has 0 radical (unpaired) electrons. The van der Waals surface area contributed by atoms with Gasteiger partial charge in [0.15, 0.2) is 6.29 Å². The topological polar surface area (TPSA) is 78.8 Å². The third kappa shape index (κ3) is 2.65. The molecule has 0 aromatic rings. The molecule has 1 amide bonds. The predicted octanol–water partition coefficient (Wildman–Crippen LogP) is -1.02. The number of nitrogens with one attached hydrogen (secondary N) is 1. The molecule has 4 atom stereocenters. The molecule has 0 bridgehead atoms. The normalized spacial score (nSPS) is 40.0. The highest BCUT2D eigenvalue weighted by Crippen LogP contribution is 2.18. The zero-order valence-electron chi connectivity index (χ0n) is 7.73. The van der Waals surface area contributed by atoms with E-state index in [-0.39, 0.29) is 12.0 Å². The summed E-state index contributed by atoms with van der Waals surface area (Å²) in [5.41, 5.74) is 0. The van der Waals surface area contributed by atoms with Crippen molar-refractivity contribution in [2.45, 2.75) is 44.8 Å². The number of rotatable bonds is 1. The van der Waals surface area contributed by atoms with Gasteiger partial charge in [-0.25, -0.2) is 0 Å². The van der Waals surface area contributed by atoms with Crippen molar-refractivity contribution < 1.29 is 19.7 Å². The number of hydrogen-bond acceptors (Lipinski definition) is 4. The molecule has 0 aromatic heterocycles. The second kappa shape index (κ2) is 4.04. The summed E-state index contributed by atoms with van der Waals surface area (Å²) in [7, 11) is 0. The third-order valence-electron chi connectivity index (χ3n) is 2.04. The monoisotopic (exact) mass is 189 g/mol. The Labute approximate surface area is 76.7 Å². The summed E-state index contributed by atoms with van der Waals surface area (Å²) in [6.45, 7) is 3.09. The van der Waals surface area contributed by atoms with Gasteiger partial charge in [-0.1, -0.05) is 0 Å². The van der Waals surface area contributed by atoms with Crippen LogP contribution in [0.4, 0.5) is 0 Å². The minimum atomic E-state index is -1.12. The van der Waals surface area contributed by atoms with Crippen LogP contribution in [0, 0.1) is 0 Å². The van der Waals surface area contributed by atoms with Crippen LogP contribution in [0.3, 0.4) is 0 Å². The molecule has 1 fully saturated rings. The van der Waals surface area contributed by atoms with E-state index >= 15 is 0 Å². The molecule has 1 heterocycles. The highest BCUT2D eigenvalue weighted by Gasteiger charge is 2.35. The number of carbonyl (C=O) groups is 1. The smallest absolute Gasteiger partial charge is 0.217 e. The van der Waals surface area contributed by atoms with Crippen LogP contribution in [0.1, 0.15) is 20.3 Å². The molecule has 0 spiro atoms. The zero-order valence-corrected chi connectivity index (χ0v) is 7.73. The van der Waals surface area contributed by atoms with Crippen molar-refractivity contribution in [3.63, 3.8) is 0 Å². The Kier molecular flexibility index (Phi) is 3.24. The van der Waals surface area contributed by atoms with E-state index in [4.69, 9.17) is 4.74 Å². The summed E-state index contributed by atoms with van der Waals surface area (Å²) in [6, 6.07) is -0.714. The standard InChI is InChI=1S/C8H15NO4/c1-4-3-6(11)7(8(12)13-4)9-5(2)10/h4,6-8,11-12H,3H2,1-2H3,(H,9,10)/t4?,6?,7-,8+/m0/s1. The maximum absolute atomic E-state index is 10.7. The molecule has 76 valence electrons. The van der Waals surface area contributed by atoms with E-state index in [9.17, 15) is 15.0 Å². The SMILES string of the molecule is CC(=O)N[C@H]1C(O)CC(C)O[C@H]1O. The van der Waals surface area contributed by atoms with Gasteiger partial charge in [-0.3, -0.25) is 4.79 Å². The van der Waals surface area contributed by atoms with Crippen molar-refractivity contribution >= 4 is 5.91 Å². The average molecular weight is 189 g/mol. The van der Waals surface area contributed by atoms with Crippen LogP contribution in [0.2, 0.25) is 0 Å². The van der Waals surface area contributed by atoms with Crippen molar-refractivity contribution in [2.75, 3.05) is 0 Å². The number of ether oxygens (including phenoxy) is 1. The molecular formula is C8H15NO4. The number of carbonyl (C=O) groups excluding carboxylic acids is 1. The lowest BCUT2D eigenvalue weighted by Crippen LogP contribution is -2.56. The van der Waals surface area contributed by atoms with Crippen LogP contribution in [-0.4, -0.2) is 40.7 Å². The number of aliphatic hydroxyl groups excluding tert-OH is 2. The van der Waals surface area contributed by atoms with E-state index in [1.165, 1.54) is 6.92 Å². The molecule has 1 saturated heterocycles. The van der Waals surface area contributed by atoms with E-state index in [0.29, 0.717) is 6.42 Å². The van der Waals surface area contributed by atoms with Crippen LogP contribution in [-0.2, 0) is 9.53 Å². The first-order chi connectivity index (χ1) is 6.00. The minimum absolute atomic E-state index is 0.185. The molecule has 0 saturated carbocycles. The predicted molar refractivity (Wildman–Crippen MR) is 44.8 cm³/mol. The van der Waals surface area contributed by atoms with Gasteiger partial charge in [0.25, 0.3) is 0 Å². The average Bonchev–Trinajstić information content (AvgIpc) is 1.96. The zero-order chi connectivity index (χ0) is 10.0. The Balaban J connectivity index is 2.56. The number of hydrogen-bond donors (Lipinski definition) is 3. The molecule has 13 heavy (non-hydrogen) atoms. The fraction of sp³-hybridized carbons (Fsp3) is 0.875. The minimum Gasteiger partial charge on any atom is -0.391 e. The van der Waals surface area contributed by atoms with Crippen LogP contribution in [0.5, 0.6) is 0 Å². The Morgan fingerprint density at radius 3 is 2.62 bits per heavy atom. The van der Waals surface area contributed by atoms with Crippen molar-refractivity contribution in [1.29, 1.82) is 0 Å². The maximum Gasteiger partial charge on any atom is 0.217 e. The highest BCUT2D eigenvalue weighted by molar-refractivity contribution is 5.73. The lowest BCUT2D eigenvalue weighted by atomic mass is 10.0. The van der Waals surface area contributed by atoms with Crippen LogP contribution in [0.25, 0.3) is 0 Å². The molecule has 0 aromatic carbocycles. The molecule has 0 aliphatic carbocycles. The summed E-state index contributed by atoms with van der Waals surface area (Å²) >= 11 is 0. The fourth-order valence-corrected chi connectivity index (χ4v) is 1.46. The first-order valence-electron chi connectivity index (χ1n) is 4.29. The van der Waals surface area contributed by atoms with Crippen LogP contribution >= 0.6 is 0 Å². The van der Waals surface area contributed by atoms with Gasteiger partial charge in [0.2, 0.25) is 5.91 Å². The van der Waals surface area contributed by atoms with Crippen molar-refractivity contribution in [2.24, 2.45) is 0 Å². The number of amides is 1. The van der Waals surface area contributed by atoms with Crippen molar-refractivity contribution in [3.05, 3.63) is 0 Å². The lowest BCUT2D eigenvalue weighted by Gasteiger charge is -2.35. The van der Waals surface area contributed by atoms with Crippen LogP contribution in [0.15, 0.2) is 0 Å². The lowest BCUT2D eigenvalue weighted by molar-refractivity contribution is -0.202. The van der Waals surface area contributed by atoms with Gasteiger partial charge < -0.3 is 20.3 Å². The van der Waals surface area contributed by atoms with Gasteiger partial charge in [0.05, 0.1) is 12.2 Å². The van der Waals surface area contributed by atoms with Crippen molar-refractivity contribution in [3.8, 4) is 0 Å². The third-order valence-corrected chi connectivity index (χ3v) is 2.04. The molecule has 5 nitrogen and oxygen atoms in total. The van der Waals surface area contributed by atoms with E-state index in [0.717, 1.165) is 0 Å². The van der Waals surface area contributed by atoms with Gasteiger partial charge in [-0.05, 0) is 6.92 Å². The Morgan fingerprint density at radius 2 is 2.15 bits per heavy atom. The molecule has 2 unspecified atom stereocenters. The first kappa shape index (κ1) is 10.4. The second-order valence-electron chi connectivity index (χ2n) is 3.37. The molecule has 1 rings (SSSR count). The van der Waals surface area contributed by atoms with E-state index < -0.39 is 18.4 Å². The summed E-state index contributed by atoms with van der Waals surface area (Å²) in [6.07, 6.45) is -1.64. The van der Waals surface area contributed by atoms with E-state index in [2.05, 4.69) is 5.32 Å². The summed E-state index contributed by atoms with van der Waals surface area (Å²) in [5, 5.41) is 21.3. The summed E-state index contributed by atoms with van der Waals surface area (Å²) < 4.78 is 5.05. The second-order valence-corrected chi connectivity index (χ2v) is 3.37. The Morgan fingerprint density at radius 1 is 1.54 bits per heavy atom. The molecule has 1 aliphatic heterocycles. The largest absolute Gasteiger partial charge is 0.391 e. The Hall–Kier alpha value is -0.650. The highest BCUT2D eigenvalue weighted by atomic mass is 16.6. The van der Waals surface area contributed by atoms with E-state index in [1.807, 2.05) is 0 Å².